The van der Waals surface area contributed by atoms with Gasteiger partial charge in [0.1, 0.15) is 12.2 Å². The van der Waals surface area contributed by atoms with Crippen LogP contribution in [0.15, 0.2) is 107 Å². The molecule has 4 rings (SSSR count). The largest absolute Gasteiger partial charge is 0.416 e. The highest BCUT2D eigenvalue weighted by atomic mass is 35.7. The van der Waals surface area contributed by atoms with Gasteiger partial charge in [-0.3, -0.25) is 4.18 Å². The van der Waals surface area contributed by atoms with Crippen molar-refractivity contribution in [3.63, 3.8) is 0 Å². The molecule has 0 saturated carbocycles. The summed E-state index contributed by atoms with van der Waals surface area (Å²) in [6, 6.07) is 19.4. The highest BCUT2D eigenvalue weighted by Gasteiger charge is 2.31. The van der Waals surface area contributed by atoms with Gasteiger partial charge in [0.15, 0.2) is 0 Å². The fourth-order valence-corrected chi connectivity index (χ4v) is 5.85. The molecule has 4 aromatic rings. The molecule has 0 fully saturated rings. The van der Waals surface area contributed by atoms with Crippen molar-refractivity contribution >= 4 is 53.1 Å². The van der Waals surface area contributed by atoms with E-state index in [9.17, 15) is 48.3 Å². The Kier molecular flexibility index (Phi) is 16.7. The molecule has 51 heavy (non-hydrogen) atoms. The second-order valence-corrected chi connectivity index (χ2v) is 15.1. The van der Waals surface area contributed by atoms with Crippen LogP contribution in [0.5, 0.6) is 0 Å². The number of methoxy groups -OCH3 is 2. The third kappa shape index (κ3) is 14.9. The summed E-state index contributed by atoms with van der Waals surface area (Å²) in [6.45, 7) is -0.0937. The van der Waals surface area contributed by atoms with E-state index >= 15 is 0 Å². The van der Waals surface area contributed by atoms with Gasteiger partial charge in [0.2, 0.25) is 0 Å². The van der Waals surface area contributed by atoms with Crippen LogP contribution < -0.4 is 0 Å². The molecule has 0 bridgehead atoms. The molecule has 0 radical (unpaired) electrons. The average molecular weight is 826 g/mol. The van der Waals surface area contributed by atoms with Crippen LogP contribution in [0.2, 0.25) is 10.0 Å². The van der Waals surface area contributed by atoms with E-state index in [0.29, 0.717) is 15.6 Å². The van der Waals surface area contributed by atoms with Crippen molar-refractivity contribution in [2.45, 2.75) is 34.4 Å². The number of hydrogen-bond acceptors (Lipinski definition) is 8. The van der Waals surface area contributed by atoms with Gasteiger partial charge in [-0.15, -0.1) is 0 Å². The first-order chi connectivity index (χ1) is 23.6. The first kappa shape index (κ1) is 44.2. The second-order valence-electron chi connectivity index (χ2n) is 10.1. The van der Waals surface area contributed by atoms with E-state index in [1.54, 1.807) is 0 Å². The van der Waals surface area contributed by atoms with Crippen molar-refractivity contribution in [1.82, 2.24) is 0 Å². The quantitative estimate of drug-likeness (QED) is 0.0957. The number of ether oxygens (including phenoxy) is 2. The molecule has 0 aliphatic rings. The van der Waals surface area contributed by atoms with Crippen LogP contribution in [0.1, 0.15) is 34.5 Å². The zero-order valence-electron chi connectivity index (χ0n) is 26.3. The van der Waals surface area contributed by atoms with Crippen LogP contribution in [0, 0.1) is 0 Å². The van der Waals surface area contributed by atoms with Gasteiger partial charge in [0.05, 0.1) is 34.1 Å². The highest BCUT2D eigenvalue weighted by Crippen LogP contribution is 2.32. The molecule has 0 aliphatic carbocycles. The first-order valence-corrected chi connectivity index (χ1v) is 18.4. The van der Waals surface area contributed by atoms with Gasteiger partial charge in [-0.1, -0.05) is 47.5 Å². The van der Waals surface area contributed by atoms with Gasteiger partial charge in [0.25, 0.3) is 19.2 Å². The number of rotatable bonds is 10. The summed E-state index contributed by atoms with van der Waals surface area (Å²) in [5.41, 5.74) is -0.916. The standard InChI is InChI=1S/C16H14ClF3O4S.C10H11F3O2.C6H4Cl2O2S/c1-23-10-15(11-2-4-12(5-3-11)16(18,19)20)24-25(21,22)14-8-6-13(17)7-9-14;1-15-6-9(14)7-2-4-8(5-3-7)10(11,12)13;7-5-1-3-6(4-2-5)11(8,9)10/h2-9,15H,10H2,1H3;2-5,9,14H,6H2,1H3;1-4H/t15-;9-;/m11./s1. The number of alkyl halides is 6. The summed E-state index contributed by atoms with van der Waals surface area (Å²) in [5, 5.41) is 10.2. The molecule has 0 aromatic heterocycles. The maximum atomic E-state index is 12.6. The molecule has 19 heteroatoms. The van der Waals surface area contributed by atoms with Gasteiger partial charge < -0.3 is 14.6 Å². The maximum Gasteiger partial charge on any atom is 0.416 e. The van der Waals surface area contributed by atoms with E-state index in [1.807, 2.05) is 0 Å². The molecule has 0 heterocycles. The molecule has 1 N–H and O–H groups in total. The number of benzene rings is 4. The Balaban J connectivity index is 0.000000293. The molecule has 0 spiro atoms. The summed E-state index contributed by atoms with van der Waals surface area (Å²) in [7, 11) is 0.0268. The third-order valence-electron chi connectivity index (χ3n) is 6.32. The minimum atomic E-state index is -4.48. The molecule has 280 valence electrons. The van der Waals surface area contributed by atoms with Gasteiger partial charge in [-0.05, 0) is 83.9 Å². The van der Waals surface area contributed by atoms with E-state index in [0.717, 1.165) is 36.4 Å². The van der Waals surface area contributed by atoms with E-state index in [1.165, 1.54) is 74.9 Å². The SMILES string of the molecule is COC[C@@H](O)c1ccc(C(F)(F)F)cc1.COC[C@@H](OS(=O)(=O)c1ccc(Cl)cc1)c1ccc(C(F)(F)F)cc1.O=S(=O)(Cl)c1ccc(Cl)cc1. The zero-order valence-corrected chi connectivity index (χ0v) is 30.2. The van der Waals surface area contributed by atoms with E-state index in [4.69, 9.17) is 42.8 Å². The van der Waals surface area contributed by atoms with Gasteiger partial charge in [-0.2, -0.15) is 34.8 Å². The minimum absolute atomic E-state index is 0.0589. The zero-order chi connectivity index (χ0) is 38.6. The number of aliphatic hydroxyl groups is 1. The lowest BCUT2D eigenvalue weighted by Crippen LogP contribution is -2.17. The van der Waals surface area contributed by atoms with Crippen molar-refractivity contribution < 1.29 is 61.9 Å². The number of hydrogen-bond donors (Lipinski definition) is 1. The van der Waals surface area contributed by atoms with Crippen molar-refractivity contribution in [1.29, 1.82) is 0 Å². The molecular weight excluding hydrogens is 797 g/mol. The van der Waals surface area contributed by atoms with Gasteiger partial charge >= 0.3 is 12.4 Å². The average Bonchev–Trinajstić information content (AvgIpc) is 3.04. The molecular formula is C32H29Cl3F6O8S2. The molecule has 0 unspecified atom stereocenters. The van der Waals surface area contributed by atoms with Crippen LogP contribution in [0.25, 0.3) is 0 Å². The van der Waals surface area contributed by atoms with Crippen molar-refractivity contribution in [2.24, 2.45) is 0 Å². The smallest absolute Gasteiger partial charge is 0.386 e. The van der Waals surface area contributed by atoms with Crippen LogP contribution in [-0.2, 0) is 45.2 Å². The fraction of sp³-hybridized carbons (Fsp3) is 0.250. The number of aliphatic hydroxyl groups excluding tert-OH is 1. The van der Waals surface area contributed by atoms with Crippen LogP contribution >= 0.6 is 33.9 Å². The second kappa shape index (κ2) is 19.2. The van der Waals surface area contributed by atoms with Crippen LogP contribution in [0.4, 0.5) is 26.3 Å². The lowest BCUT2D eigenvalue weighted by atomic mass is 10.1. The Hall–Kier alpha value is -2.93. The fourth-order valence-electron chi connectivity index (χ4n) is 3.77. The summed E-state index contributed by atoms with van der Waals surface area (Å²) >= 11 is 11.2. The van der Waals surface area contributed by atoms with Crippen molar-refractivity contribution in [2.75, 3.05) is 27.4 Å². The number of halogens is 9. The Morgan fingerprint density at radius 2 is 0.980 bits per heavy atom. The molecule has 0 aliphatic heterocycles. The van der Waals surface area contributed by atoms with Gasteiger partial charge in [0, 0.05) is 34.9 Å². The van der Waals surface area contributed by atoms with Crippen LogP contribution in [-0.4, -0.2) is 49.4 Å². The Morgan fingerprint density at radius 1 is 0.608 bits per heavy atom. The molecule has 8 nitrogen and oxygen atoms in total. The molecule has 0 amide bonds. The van der Waals surface area contributed by atoms with E-state index < -0.39 is 54.9 Å². The van der Waals surface area contributed by atoms with Crippen molar-refractivity contribution in [3.8, 4) is 0 Å². The molecule has 2 atom stereocenters. The van der Waals surface area contributed by atoms with E-state index in [2.05, 4.69) is 4.74 Å². The molecule has 0 saturated heterocycles. The summed E-state index contributed by atoms with van der Waals surface area (Å²) in [5.74, 6) is 0. The Bertz CT molecular complexity index is 1870. The Morgan fingerprint density at radius 3 is 1.33 bits per heavy atom. The molecule has 4 aromatic carbocycles. The summed E-state index contributed by atoms with van der Waals surface area (Å²) in [6.07, 6.45) is -10.8. The summed E-state index contributed by atoms with van der Waals surface area (Å²) in [4.78, 5) is -0.0616. The maximum absolute atomic E-state index is 12.6. The lowest BCUT2D eigenvalue weighted by molar-refractivity contribution is -0.138. The van der Waals surface area contributed by atoms with Crippen LogP contribution in [0.3, 0.4) is 0 Å². The topological polar surface area (TPSA) is 116 Å². The minimum Gasteiger partial charge on any atom is -0.386 e. The predicted octanol–water partition coefficient (Wildman–Crippen LogP) is 9.10. The normalized spacial score (nSPS) is 13.3. The van der Waals surface area contributed by atoms with Crippen molar-refractivity contribution in [3.05, 3.63) is 129 Å². The summed E-state index contributed by atoms with van der Waals surface area (Å²) < 4.78 is 135. The lowest BCUT2D eigenvalue weighted by Gasteiger charge is -2.18. The first-order valence-electron chi connectivity index (χ1n) is 14.0. The Labute approximate surface area is 305 Å². The van der Waals surface area contributed by atoms with Gasteiger partial charge in [-0.25, -0.2) is 8.42 Å². The monoisotopic (exact) mass is 824 g/mol. The highest BCUT2D eigenvalue weighted by molar-refractivity contribution is 8.13. The third-order valence-corrected chi connectivity index (χ3v) is 9.52. The van der Waals surface area contributed by atoms with E-state index in [-0.39, 0.29) is 28.6 Å². The predicted molar refractivity (Wildman–Crippen MR) is 179 cm³/mol.